The second-order valence-electron chi connectivity index (χ2n) is 9.27. The van der Waals surface area contributed by atoms with Crippen LogP contribution in [-0.2, 0) is 16.0 Å². The molecule has 1 aromatic carbocycles. The molecule has 0 radical (unpaired) electrons. The van der Waals surface area contributed by atoms with E-state index in [0.29, 0.717) is 19.0 Å². The van der Waals surface area contributed by atoms with Crippen molar-refractivity contribution in [2.24, 2.45) is 5.92 Å². The summed E-state index contributed by atoms with van der Waals surface area (Å²) in [5.41, 5.74) is 2.48. The summed E-state index contributed by atoms with van der Waals surface area (Å²) in [6, 6.07) is 8.59. The normalized spacial score (nSPS) is 19.3. The fraction of sp³-hybridized carbons (Fsp3) is 0.667. The molecule has 2 fully saturated rings. The van der Waals surface area contributed by atoms with Gasteiger partial charge in [-0.25, -0.2) is 0 Å². The lowest BCUT2D eigenvalue weighted by molar-refractivity contribution is -0.132. The van der Waals surface area contributed by atoms with Crippen LogP contribution in [0.5, 0.6) is 0 Å². The van der Waals surface area contributed by atoms with Gasteiger partial charge in [0.1, 0.15) is 0 Å². The third-order valence-electron chi connectivity index (χ3n) is 6.15. The quantitative estimate of drug-likeness (QED) is 0.709. The van der Waals surface area contributed by atoms with E-state index in [2.05, 4.69) is 53.2 Å². The molecule has 2 aliphatic rings. The molecule has 6 heteroatoms. The zero-order valence-electron chi connectivity index (χ0n) is 18.9. The van der Waals surface area contributed by atoms with E-state index in [0.717, 1.165) is 64.1 Å². The molecule has 2 saturated heterocycles. The summed E-state index contributed by atoms with van der Waals surface area (Å²) >= 11 is 0. The molecule has 0 aromatic heterocycles. The molecule has 1 N–H and O–H groups in total. The molecule has 0 aliphatic carbocycles. The zero-order chi connectivity index (χ0) is 21.5. The van der Waals surface area contributed by atoms with E-state index in [9.17, 15) is 9.59 Å². The van der Waals surface area contributed by atoms with Crippen molar-refractivity contribution in [3.05, 3.63) is 35.4 Å². The van der Waals surface area contributed by atoms with Gasteiger partial charge in [-0.2, -0.15) is 0 Å². The molecule has 2 amide bonds. The van der Waals surface area contributed by atoms with Crippen LogP contribution >= 0.6 is 0 Å². The first kappa shape index (κ1) is 22.8. The van der Waals surface area contributed by atoms with Crippen molar-refractivity contribution in [1.82, 2.24) is 20.0 Å². The van der Waals surface area contributed by atoms with Crippen molar-refractivity contribution >= 4 is 11.8 Å². The van der Waals surface area contributed by atoms with Crippen LogP contribution in [-0.4, -0.2) is 78.9 Å². The number of hydrogen-bond donors (Lipinski definition) is 1. The summed E-state index contributed by atoms with van der Waals surface area (Å²) in [5.74, 6) is 0.967. The summed E-state index contributed by atoms with van der Waals surface area (Å²) < 4.78 is 0. The predicted octanol–water partition coefficient (Wildman–Crippen LogP) is 2.30. The number of benzene rings is 1. The highest BCUT2D eigenvalue weighted by molar-refractivity contribution is 5.79. The van der Waals surface area contributed by atoms with Gasteiger partial charge in [0, 0.05) is 39.3 Å². The highest BCUT2D eigenvalue weighted by atomic mass is 16.2. The zero-order valence-corrected chi connectivity index (χ0v) is 18.9. The van der Waals surface area contributed by atoms with Crippen molar-refractivity contribution in [3.63, 3.8) is 0 Å². The van der Waals surface area contributed by atoms with Crippen LogP contribution in [0.4, 0.5) is 0 Å². The molecule has 0 bridgehead atoms. The Morgan fingerprint density at radius 3 is 2.00 bits per heavy atom. The first-order chi connectivity index (χ1) is 14.4. The molecule has 2 heterocycles. The van der Waals surface area contributed by atoms with Crippen LogP contribution in [0, 0.1) is 5.92 Å². The van der Waals surface area contributed by atoms with Gasteiger partial charge in [-0.1, -0.05) is 38.1 Å². The monoisotopic (exact) mass is 414 g/mol. The Hall–Kier alpha value is -1.92. The number of carbonyl (C=O) groups excluding carboxylic acids is 2. The first-order valence-electron chi connectivity index (χ1n) is 11.5. The number of carbonyl (C=O) groups is 2. The summed E-state index contributed by atoms with van der Waals surface area (Å²) in [4.78, 5) is 31.2. The van der Waals surface area contributed by atoms with E-state index < -0.39 is 0 Å². The van der Waals surface area contributed by atoms with Gasteiger partial charge in [0.2, 0.25) is 11.8 Å². The van der Waals surface area contributed by atoms with Gasteiger partial charge in [0.25, 0.3) is 0 Å². The highest BCUT2D eigenvalue weighted by Gasteiger charge is 2.24. The SMILES string of the molecule is CC(C)Cc1ccc(C(C)NC(=O)CN2CCN(CC(=O)N3CCCC3)CC2)cc1. The molecule has 166 valence electrons. The number of hydrogen-bond acceptors (Lipinski definition) is 4. The average molecular weight is 415 g/mol. The minimum Gasteiger partial charge on any atom is -0.348 e. The Morgan fingerprint density at radius 1 is 0.867 bits per heavy atom. The van der Waals surface area contributed by atoms with Gasteiger partial charge in [-0.15, -0.1) is 0 Å². The molecular weight excluding hydrogens is 376 g/mol. The van der Waals surface area contributed by atoms with E-state index in [-0.39, 0.29) is 17.9 Å². The van der Waals surface area contributed by atoms with Crippen molar-refractivity contribution in [2.75, 3.05) is 52.4 Å². The Bertz CT molecular complexity index is 690. The fourth-order valence-corrected chi connectivity index (χ4v) is 4.35. The summed E-state index contributed by atoms with van der Waals surface area (Å²) in [5, 5.41) is 3.13. The lowest BCUT2D eigenvalue weighted by Crippen LogP contribution is -2.51. The summed E-state index contributed by atoms with van der Waals surface area (Å²) in [6.45, 7) is 12.6. The lowest BCUT2D eigenvalue weighted by atomic mass is 10.00. The van der Waals surface area contributed by atoms with Gasteiger partial charge >= 0.3 is 0 Å². The Morgan fingerprint density at radius 2 is 1.43 bits per heavy atom. The van der Waals surface area contributed by atoms with Crippen molar-refractivity contribution in [3.8, 4) is 0 Å². The van der Waals surface area contributed by atoms with E-state index >= 15 is 0 Å². The molecule has 3 rings (SSSR count). The van der Waals surface area contributed by atoms with E-state index in [1.54, 1.807) is 0 Å². The molecule has 1 aromatic rings. The molecule has 2 aliphatic heterocycles. The molecule has 0 saturated carbocycles. The number of amides is 2. The van der Waals surface area contributed by atoms with Gasteiger partial charge in [-0.05, 0) is 43.2 Å². The molecular formula is C24H38N4O2. The maximum absolute atomic E-state index is 12.5. The Kier molecular flexibility index (Phi) is 8.28. The molecule has 1 unspecified atom stereocenters. The largest absolute Gasteiger partial charge is 0.348 e. The molecule has 1 atom stereocenters. The minimum atomic E-state index is 0.00460. The van der Waals surface area contributed by atoms with Crippen LogP contribution < -0.4 is 5.32 Å². The third kappa shape index (κ3) is 6.81. The molecule has 30 heavy (non-hydrogen) atoms. The van der Waals surface area contributed by atoms with Crippen LogP contribution in [0.15, 0.2) is 24.3 Å². The van der Waals surface area contributed by atoms with Crippen LogP contribution in [0.2, 0.25) is 0 Å². The second kappa shape index (κ2) is 10.9. The van der Waals surface area contributed by atoms with Crippen LogP contribution in [0.1, 0.15) is 50.8 Å². The second-order valence-corrected chi connectivity index (χ2v) is 9.27. The van der Waals surface area contributed by atoms with Gasteiger partial charge in [-0.3, -0.25) is 19.4 Å². The van der Waals surface area contributed by atoms with Gasteiger partial charge in [0.15, 0.2) is 0 Å². The number of rotatable bonds is 8. The standard InChI is InChI=1S/C24H38N4O2/c1-19(2)16-21-6-8-22(9-7-21)20(3)25-23(29)17-26-12-14-27(15-13-26)18-24(30)28-10-4-5-11-28/h6-9,19-20H,4-5,10-18H2,1-3H3,(H,25,29). The summed E-state index contributed by atoms with van der Waals surface area (Å²) in [6.07, 6.45) is 3.35. The molecule has 6 nitrogen and oxygen atoms in total. The van der Waals surface area contributed by atoms with Gasteiger partial charge in [0.05, 0.1) is 19.1 Å². The number of nitrogens with zero attached hydrogens (tertiary/aromatic N) is 3. The van der Waals surface area contributed by atoms with Crippen molar-refractivity contribution in [2.45, 2.75) is 46.1 Å². The fourth-order valence-electron chi connectivity index (χ4n) is 4.35. The van der Waals surface area contributed by atoms with Crippen molar-refractivity contribution < 1.29 is 9.59 Å². The summed E-state index contributed by atoms with van der Waals surface area (Å²) in [7, 11) is 0. The topological polar surface area (TPSA) is 55.9 Å². The first-order valence-corrected chi connectivity index (χ1v) is 11.5. The minimum absolute atomic E-state index is 0.00460. The van der Waals surface area contributed by atoms with Crippen LogP contribution in [0.3, 0.4) is 0 Å². The maximum Gasteiger partial charge on any atom is 0.236 e. The van der Waals surface area contributed by atoms with Crippen molar-refractivity contribution in [1.29, 1.82) is 0 Å². The molecule has 0 spiro atoms. The van der Waals surface area contributed by atoms with E-state index in [4.69, 9.17) is 0 Å². The number of nitrogens with one attached hydrogen (secondary N) is 1. The highest BCUT2D eigenvalue weighted by Crippen LogP contribution is 2.16. The Balaban J connectivity index is 1.37. The van der Waals surface area contributed by atoms with Crippen LogP contribution in [0.25, 0.3) is 0 Å². The smallest absolute Gasteiger partial charge is 0.236 e. The maximum atomic E-state index is 12.5. The number of likely N-dealkylation sites (tertiary alicyclic amines) is 1. The lowest BCUT2D eigenvalue weighted by Gasteiger charge is -2.34. The Labute approximate surface area is 181 Å². The predicted molar refractivity (Wildman–Crippen MR) is 120 cm³/mol. The van der Waals surface area contributed by atoms with E-state index in [1.807, 2.05) is 11.8 Å². The average Bonchev–Trinajstić information content (AvgIpc) is 3.24. The third-order valence-corrected chi connectivity index (χ3v) is 6.15. The number of piperazine rings is 1. The van der Waals surface area contributed by atoms with E-state index in [1.165, 1.54) is 5.56 Å². The van der Waals surface area contributed by atoms with Gasteiger partial charge < -0.3 is 10.2 Å².